The van der Waals surface area contributed by atoms with Crippen molar-refractivity contribution in [1.82, 2.24) is 9.80 Å². The summed E-state index contributed by atoms with van der Waals surface area (Å²) < 4.78 is 35.8. The molecular weight excluding hydrogens is 241 g/mol. The first-order valence-electron chi connectivity index (χ1n) is 4.96. The smallest absolute Gasteiger partial charge is 0.390 e. The predicted octanol–water partition coefficient (Wildman–Crippen LogP) is 1.40. The molecular formula is C9H15F3N2O3. The van der Waals surface area contributed by atoms with Crippen LogP contribution in [0.2, 0.25) is 0 Å². The molecule has 5 nitrogen and oxygen atoms in total. The number of hydrogen-bond acceptors (Lipinski definition) is 2. The van der Waals surface area contributed by atoms with Crippen LogP contribution >= 0.6 is 0 Å². The van der Waals surface area contributed by atoms with Gasteiger partial charge in [-0.05, 0) is 6.92 Å². The standard InChI is InChI=1S/C9H15F3N2O3/c1-3-14(6-7(15)16)8(17)13(2)5-4-9(10,11)12/h3-6H2,1-2H3,(H,15,16). The van der Waals surface area contributed by atoms with Crippen molar-refractivity contribution < 1.29 is 27.9 Å². The van der Waals surface area contributed by atoms with E-state index in [2.05, 4.69) is 0 Å². The lowest BCUT2D eigenvalue weighted by Crippen LogP contribution is -2.44. The van der Waals surface area contributed by atoms with E-state index in [0.29, 0.717) is 0 Å². The third kappa shape index (κ3) is 6.64. The minimum Gasteiger partial charge on any atom is -0.480 e. The van der Waals surface area contributed by atoms with Gasteiger partial charge in [0.05, 0.1) is 6.42 Å². The van der Waals surface area contributed by atoms with E-state index in [1.54, 1.807) is 6.92 Å². The number of rotatable bonds is 5. The molecule has 0 unspecified atom stereocenters. The van der Waals surface area contributed by atoms with E-state index in [9.17, 15) is 22.8 Å². The predicted molar refractivity (Wildman–Crippen MR) is 53.6 cm³/mol. The monoisotopic (exact) mass is 256 g/mol. The molecule has 0 aromatic carbocycles. The van der Waals surface area contributed by atoms with Crippen molar-refractivity contribution in [2.24, 2.45) is 0 Å². The van der Waals surface area contributed by atoms with Crippen molar-refractivity contribution in [2.75, 3.05) is 26.7 Å². The summed E-state index contributed by atoms with van der Waals surface area (Å²) >= 11 is 0. The van der Waals surface area contributed by atoms with Gasteiger partial charge in [-0.15, -0.1) is 0 Å². The third-order valence-corrected chi connectivity index (χ3v) is 2.04. The van der Waals surface area contributed by atoms with Crippen molar-refractivity contribution in [1.29, 1.82) is 0 Å². The van der Waals surface area contributed by atoms with E-state index in [1.807, 2.05) is 0 Å². The minimum absolute atomic E-state index is 0.126. The van der Waals surface area contributed by atoms with Crippen LogP contribution in [0.15, 0.2) is 0 Å². The molecule has 0 aromatic rings. The molecule has 0 fully saturated rings. The molecule has 0 saturated carbocycles. The number of carbonyl (C=O) groups excluding carboxylic acids is 1. The molecule has 0 aliphatic heterocycles. The van der Waals surface area contributed by atoms with Gasteiger partial charge in [-0.25, -0.2) is 4.79 Å². The maximum absolute atomic E-state index is 11.9. The Balaban J connectivity index is 4.31. The molecule has 0 heterocycles. The first kappa shape index (κ1) is 15.5. The summed E-state index contributed by atoms with van der Waals surface area (Å²) in [5, 5.41) is 8.51. The second-order valence-electron chi connectivity index (χ2n) is 3.48. The quantitative estimate of drug-likeness (QED) is 0.808. The fourth-order valence-electron chi connectivity index (χ4n) is 1.11. The topological polar surface area (TPSA) is 60.9 Å². The summed E-state index contributed by atoms with van der Waals surface area (Å²) in [6.45, 7) is 0.671. The van der Waals surface area contributed by atoms with Crippen LogP contribution in [0.25, 0.3) is 0 Å². The van der Waals surface area contributed by atoms with Gasteiger partial charge in [-0.2, -0.15) is 13.2 Å². The van der Waals surface area contributed by atoms with Crippen LogP contribution in [0, 0.1) is 0 Å². The molecule has 0 rings (SSSR count). The van der Waals surface area contributed by atoms with E-state index in [4.69, 9.17) is 5.11 Å². The first-order valence-corrected chi connectivity index (χ1v) is 4.96. The van der Waals surface area contributed by atoms with E-state index < -0.39 is 37.7 Å². The number of urea groups is 1. The van der Waals surface area contributed by atoms with Crippen molar-refractivity contribution in [3.05, 3.63) is 0 Å². The molecule has 0 aliphatic rings. The Kier molecular flexibility index (Phi) is 5.77. The van der Waals surface area contributed by atoms with Gasteiger partial charge in [0, 0.05) is 20.1 Å². The molecule has 0 spiro atoms. The molecule has 100 valence electrons. The van der Waals surface area contributed by atoms with Crippen LogP contribution < -0.4 is 0 Å². The minimum atomic E-state index is -4.33. The number of nitrogens with zero attached hydrogens (tertiary/aromatic N) is 2. The van der Waals surface area contributed by atoms with Gasteiger partial charge < -0.3 is 14.9 Å². The van der Waals surface area contributed by atoms with Gasteiger partial charge in [0.1, 0.15) is 6.54 Å². The highest BCUT2D eigenvalue weighted by molar-refractivity contribution is 5.79. The average molecular weight is 256 g/mol. The largest absolute Gasteiger partial charge is 0.480 e. The second kappa shape index (κ2) is 6.31. The van der Waals surface area contributed by atoms with E-state index in [1.165, 1.54) is 7.05 Å². The maximum atomic E-state index is 11.9. The van der Waals surface area contributed by atoms with Crippen LogP contribution in [0.4, 0.5) is 18.0 Å². The number of hydrogen-bond donors (Lipinski definition) is 1. The summed E-state index contributed by atoms with van der Waals surface area (Å²) in [4.78, 5) is 23.8. The Morgan fingerprint density at radius 2 is 1.82 bits per heavy atom. The number of carboxylic acid groups (broad SMARTS) is 1. The zero-order valence-electron chi connectivity index (χ0n) is 9.62. The number of halogens is 3. The fraction of sp³-hybridized carbons (Fsp3) is 0.778. The molecule has 0 atom stereocenters. The summed E-state index contributed by atoms with van der Waals surface area (Å²) in [6.07, 6.45) is -5.45. The van der Waals surface area contributed by atoms with Gasteiger partial charge in [-0.1, -0.05) is 0 Å². The van der Waals surface area contributed by atoms with Crippen LogP contribution in [0.1, 0.15) is 13.3 Å². The Bertz CT molecular complexity index is 281. The van der Waals surface area contributed by atoms with Crippen molar-refractivity contribution >= 4 is 12.0 Å². The average Bonchev–Trinajstić information content (AvgIpc) is 2.20. The molecule has 2 amide bonds. The number of alkyl halides is 3. The Morgan fingerprint density at radius 1 is 1.29 bits per heavy atom. The van der Waals surface area contributed by atoms with Gasteiger partial charge >= 0.3 is 18.2 Å². The highest BCUT2D eigenvalue weighted by Crippen LogP contribution is 2.19. The number of aliphatic carboxylic acids is 1. The normalized spacial score (nSPS) is 11.1. The van der Waals surface area contributed by atoms with Crippen molar-refractivity contribution in [3.63, 3.8) is 0 Å². The van der Waals surface area contributed by atoms with Crippen molar-refractivity contribution in [2.45, 2.75) is 19.5 Å². The lowest BCUT2D eigenvalue weighted by atomic mass is 10.4. The Morgan fingerprint density at radius 3 is 2.18 bits per heavy atom. The van der Waals surface area contributed by atoms with E-state index in [-0.39, 0.29) is 6.54 Å². The fourth-order valence-corrected chi connectivity index (χ4v) is 1.11. The number of likely N-dealkylation sites (N-methyl/N-ethyl adjacent to an activating group) is 1. The van der Waals surface area contributed by atoms with E-state index in [0.717, 1.165) is 9.80 Å². The molecule has 8 heteroatoms. The molecule has 0 aliphatic carbocycles. The first-order chi connectivity index (χ1) is 7.67. The van der Waals surface area contributed by atoms with Crippen LogP contribution in [-0.2, 0) is 4.79 Å². The van der Waals surface area contributed by atoms with Gasteiger partial charge in [0.15, 0.2) is 0 Å². The lowest BCUT2D eigenvalue weighted by Gasteiger charge is -2.26. The Labute approximate surface area is 96.8 Å². The van der Waals surface area contributed by atoms with E-state index >= 15 is 0 Å². The number of carbonyl (C=O) groups is 2. The highest BCUT2D eigenvalue weighted by Gasteiger charge is 2.29. The summed E-state index contributed by atoms with van der Waals surface area (Å²) in [6, 6.07) is -0.723. The maximum Gasteiger partial charge on any atom is 0.390 e. The molecule has 1 N–H and O–H groups in total. The molecule has 0 aromatic heterocycles. The zero-order chi connectivity index (χ0) is 13.6. The second-order valence-corrected chi connectivity index (χ2v) is 3.48. The lowest BCUT2D eigenvalue weighted by molar-refractivity contribution is -0.139. The highest BCUT2D eigenvalue weighted by atomic mass is 19.4. The van der Waals surface area contributed by atoms with Gasteiger partial charge in [0.2, 0.25) is 0 Å². The van der Waals surface area contributed by atoms with Crippen LogP contribution in [0.3, 0.4) is 0 Å². The van der Waals surface area contributed by atoms with Crippen molar-refractivity contribution in [3.8, 4) is 0 Å². The van der Waals surface area contributed by atoms with Crippen LogP contribution in [0.5, 0.6) is 0 Å². The summed E-state index contributed by atoms with van der Waals surface area (Å²) in [5.74, 6) is -1.20. The molecule has 0 bridgehead atoms. The molecule has 0 radical (unpaired) electrons. The summed E-state index contributed by atoms with van der Waals surface area (Å²) in [5.41, 5.74) is 0. The van der Waals surface area contributed by atoms with Crippen LogP contribution in [-0.4, -0.2) is 59.8 Å². The third-order valence-electron chi connectivity index (χ3n) is 2.04. The zero-order valence-corrected chi connectivity index (χ0v) is 9.62. The Hall–Kier alpha value is -1.47. The van der Waals surface area contributed by atoms with Gasteiger partial charge in [-0.3, -0.25) is 4.79 Å². The summed E-state index contributed by atoms with van der Waals surface area (Å²) in [7, 11) is 1.21. The SMILES string of the molecule is CCN(CC(=O)O)C(=O)N(C)CCC(F)(F)F. The number of carboxylic acids is 1. The molecule has 0 saturated heterocycles. The van der Waals surface area contributed by atoms with Gasteiger partial charge in [0.25, 0.3) is 0 Å². The number of amides is 2. The molecule has 17 heavy (non-hydrogen) atoms.